The lowest BCUT2D eigenvalue weighted by molar-refractivity contribution is 0.0931. The van der Waals surface area contributed by atoms with Crippen LogP contribution in [-0.4, -0.2) is 30.9 Å². The molecule has 0 bridgehead atoms. The highest BCUT2D eigenvalue weighted by atomic mass is 32.2. The van der Waals surface area contributed by atoms with Gasteiger partial charge in [0.1, 0.15) is 5.69 Å². The molecule has 2 N–H and O–H groups in total. The van der Waals surface area contributed by atoms with Crippen LogP contribution < -0.4 is 10.0 Å². The number of nitrogens with zero attached hydrogens (tertiary/aromatic N) is 1. The van der Waals surface area contributed by atoms with Crippen LogP contribution in [0.3, 0.4) is 0 Å². The number of benzene rings is 1. The van der Waals surface area contributed by atoms with E-state index in [1.165, 1.54) is 6.92 Å². The second-order valence-corrected chi connectivity index (χ2v) is 7.72. The van der Waals surface area contributed by atoms with E-state index in [2.05, 4.69) is 10.0 Å². The van der Waals surface area contributed by atoms with E-state index in [-0.39, 0.29) is 17.7 Å². The lowest BCUT2D eigenvalue weighted by atomic mass is 10.1. The number of nitrogens with one attached hydrogen (secondary N) is 2. The molecule has 8 heteroatoms. The fourth-order valence-corrected chi connectivity index (χ4v) is 2.98. The van der Waals surface area contributed by atoms with E-state index in [9.17, 15) is 18.0 Å². The molecule has 2 rings (SSSR count). The van der Waals surface area contributed by atoms with E-state index in [1.54, 1.807) is 55.1 Å². The third kappa shape index (κ3) is 4.93. The van der Waals surface area contributed by atoms with Crippen LogP contribution in [0.5, 0.6) is 0 Å². The molecule has 1 amide bonds. The first kappa shape index (κ1) is 18.7. The standard InChI is InChI=1S/C17H21N3O4S/c1-11(13-6-5-7-15(8-13)19-25(4,23)24)18-17(22)16-9-14(12(2)21)10-20(16)3/h5-11,19H,1-4H3,(H,18,22)/t11-/m1/s1. The van der Waals surface area contributed by atoms with Crippen LogP contribution in [0, 0.1) is 0 Å². The van der Waals surface area contributed by atoms with E-state index >= 15 is 0 Å². The molecule has 134 valence electrons. The van der Waals surface area contributed by atoms with Crippen molar-refractivity contribution in [1.29, 1.82) is 0 Å². The molecule has 25 heavy (non-hydrogen) atoms. The van der Waals surface area contributed by atoms with Gasteiger partial charge in [-0.2, -0.15) is 0 Å². The van der Waals surface area contributed by atoms with Crippen LogP contribution >= 0.6 is 0 Å². The second kappa shape index (κ2) is 7.10. The first-order valence-corrected chi connectivity index (χ1v) is 9.52. The summed E-state index contributed by atoms with van der Waals surface area (Å²) in [6.45, 7) is 3.24. The van der Waals surface area contributed by atoms with Crippen molar-refractivity contribution in [2.75, 3.05) is 11.0 Å². The average Bonchev–Trinajstić information content (AvgIpc) is 2.88. The molecule has 0 aliphatic rings. The Morgan fingerprint density at radius 2 is 1.88 bits per heavy atom. The van der Waals surface area contributed by atoms with Crippen molar-refractivity contribution in [3.63, 3.8) is 0 Å². The van der Waals surface area contributed by atoms with E-state index in [0.29, 0.717) is 16.9 Å². The van der Waals surface area contributed by atoms with Crippen molar-refractivity contribution in [3.05, 3.63) is 53.3 Å². The third-order valence-electron chi connectivity index (χ3n) is 3.68. The molecule has 0 radical (unpaired) electrons. The zero-order valence-electron chi connectivity index (χ0n) is 14.5. The molecule has 0 saturated heterocycles. The molecule has 2 aromatic rings. The summed E-state index contributed by atoms with van der Waals surface area (Å²) in [7, 11) is -1.67. The zero-order chi connectivity index (χ0) is 18.8. The summed E-state index contributed by atoms with van der Waals surface area (Å²) in [5.74, 6) is -0.425. The van der Waals surface area contributed by atoms with Crippen molar-refractivity contribution in [1.82, 2.24) is 9.88 Å². The Morgan fingerprint density at radius 3 is 2.44 bits per heavy atom. The number of ketones is 1. The van der Waals surface area contributed by atoms with Crippen LogP contribution in [-0.2, 0) is 17.1 Å². The van der Waals surface area contributed by atoms with Gasteiger partial charge in [-0.25, -0.2) is 8.42 Å². The fourth-order valence-electron chi connectivity index (χ4n) is 2.42. The second-order valence-electron chi connectivity index (χ2n) is 5.98. The summed E-state index contributed by atoms with van der Waals surface area (Å²) < 4.78 is 26.7. The van der Waals surface area contributed by atoms with Gasteiger partial charge in [0.05, 0.1) is 12.3 Å². The molecule has 0 fully saturated rings. The molecule has 1 heterocycles. The average molecular weight is 363 g/mol. The number of aromatic nitrogens is 1. The topological polar surface area (TPSA) is 97.3 Å². The largest absolute Gasteiger partial charge is 0.346 e. The molecular weight excluding hydrogens is 342 g/mol. The summed E-state index contributed by atoms with van der Waals surface area (Å²) in [6, 6.07) is 8.01. The number of hydrogen-bond acceptors (Lipinski definition) is 4. The van der Waals surface area contributed by atoms with Crippen LogP contribution in [0.1, 0.15) is 46.3 Å². The molecule has 0 aliphatic carbocycles. The van der Waals surface area contributed by atoms with Crippen molar-refractivity contribution in [2.45, 2.75) is 19.9 Å². The van der Waals surface area contributed by atoms with Crippen LogP contribution in [0.25, 0.3) is 0 Å². The zero-order valence-corrected chi connectivity index (χ0v) is 15.3. The highest BCUT2D eigenvalue weighted by Gasteiger charge is 2.17. The normalized spacial score (nSPS) is 12.5. The van der Waals surface area contributed by atoms with Gasteiger partial charge in [-0.3, -0.25) is 14.3 Å². The quantitative estimate of drug-likeness (QED) is 0.768. The van der Waals surface area contributed by atoms with Crippen molar-refractivity contribution < 1.29 is 18.0 Å². The number of amides is 1. The maximum atomic E-state index is 12.4. The summed E-state index contributed by atoms with van der Waals surface area (Å²) >= 11 is 0. The number of hydrogen-bond donors (Lipinski definition) is 2. The Kier molecular flexibility index (Phi) is 5.32. The molecule has 0 spiro atoms. The minimum absolute atomic E-state index is 0.109. The van der Waals surface area contributed by atoms with E-state index in [0.717, 1.165) is 11.8 Å². The molecular formula is C17H21N3O4S. The summed E-state index contributed by atoms with van der Waals surface area (Å²) in [6.07, 6.45) is 2.69. The highest BCUT2D eigenvalue weighted by molar-refractivity contribution is 7.92. The lowest BCUT2D eigenvalue weighted by Gasteiger charge is -2.16. The summed E-state index contributed by atoms with van der Waals surface area (Å²) in [5.41, 5.74) is 2.03. The minimum atomic E-state index is -3.37. The summed E-state index contributed by atoms with van der Waals surface area (Å²) in [5, 5.41) is 2.85. The number of sulfonamides is 1. The van der Waals surface area contributed by atoms with Crippen LogP contribution in [0.2, 0.25) is 0 Å². The maximum Gasteiger partial charge on any atom is 0.268 e. The predicted octanol–water partition coefficient (Wildman–Crippen LogP) is 2.09. The Bertz CT molecular complexity index is 916. The number of carbonyl (C=O) groups excluding carboxylic acids is 2. The number of rotatable bonds is 6. The number of Topliss-reactive ketones (excluding diaryl/α,β-unsaturated/α-hetero) is 1. The molecule has 1 aromatic carbocycles. The minimum Gasteiger partial charge on any atom is -0.346 e. The molecule has 0 aliphatic heterocycles. The molecule has 0 unspecified atom stereocenters. The number of carbonyl (C=O) groups is 2. The van der Waals surface area contributed by atoms with E-state index in [1.807, 2.05) is 0 Å². The predicted molar refractivity (Wildman–Crippen MR) is 96.2 cm³/mol. The first-order valence-electron chi connectivity index (χ1n) is 7.63. The van der Waals surface area contributed by atoms with Crippen molar-refractivity contribution in [3.8, 4) is 0 Å². The maximum absolute atomic E-state index is 12.4. The SMILES string of the molecule is CC(=O)c1cc(C(=O)N[C@H](C)c2cccc(NS(C)(=O)=O)c2)n(C)c1. The molecule has 1 aromatic heterocycles. The van der Waals surface area contributed by atoms with E-state index < -0.39 is 10.0 Å². The van der Waals surface area contributed by atoms with Gasteiger partial charge in [0.15, 0.2) is 5.78 Å². The van der Waals surface area contributed by atoms with Gasteiger partial charge in [0.2, 0.25) is 10.0 Å². The molecule has 1 atom stereocenters. The van der Waals surface area contributed by atoms with Gasteiger partial charge in [-0.15, -0.1) is 0 Å². The molecule has 7 nitrogen and oxygen atoms in total. The first-order chi connectivity index (χ1) is 11.6. The number of anilines is 1. The Balaban J connectivity index is 2.16. The van der Waals surface area contributed by atoms with Gasteiger partial charge < -0.3 is 9.88 Å². The van der Waals surface area contributed by atoms with Gasteiger partial charge in [-0.1, -0.05) is 12.1 Å². The lowest BCUT2D eigenvalue weighted by Crippen LogP contribution is -2.28. The monoisotopic (exact) mass is 363 g/mol. The highest BCUT2D eigenvalue weighted by Crippen LogP contribution is 2.19. The van der Waals surface area contributed by atoms with Crippen LogP contribution in [0.15, 0.2) is 36.5 Å². The molecule has 0 saturated carbocycles. The Hall–Kier alpha value is -2.61. The van der Waals surface area contributed by atoms with Gasteiger partial charge in [0.25, 0.3) is 5.91 Å². The Morgan fingerprint density at radius 1 is 1.20 bits per heavy atom. The third-order valence-corrected chi connectivity index (χ3v) is 4.29. The Labute approximate surface area is 147 Å². The van der Waals surface area contributed by atoms with Crippen molar-refractivity contribution in [2.24, 2.45) is 7.05 Å². The summed E-state index contributed by atoms with van der Waals surface area (Å²) in [4.78, 5) is 23.9. The van der Waals surface area contributed by atoms with Crippen molar-refractivity contribution >= 4 is 27.4 Å². The van der Waals surface area contributed by atoms with Gasteiger partial charge >= 0.3 is 0 Å². The van der Waals surface area contributed by atoms with Crippen LogP contribution in [0.4, 0.5) is 5.69 Å². The van der Waals surface area contributed by atoms with Gasteiger partial charge in [0, 0.05) is 24.5 Å². The number of aryl methyl sites for hydroxylation is 1. The fraction of sp³-hybridized carbons (Fsp3) is 0.294. The van der Waals surface area contributed by atoms with E-state index in [4.69, 9.17) is 0 Å². The smallest absolute Gasteiger partial charge is 0.268 e. The van der Waals surface area contributed by atoms with Gasteiger partial charge in [-0.05, 0) is 37.6 Å².